The summed E-state index contributed by atoms with van der Waals surface area (Å²) >= 11 is 0. The molecule has 0 unspecified atom stereocenters. The third-order valence-electron chi connectivity index (χ3n) is 5.40. The van der Waals surface area contributed by atoms with Gasteiger partial charge in [0.15, 0.2) is 5.76 Å². The lowest BCUT2D eigenvalue weighted by Crippen LogP contribution is -2.06. The smallest absolute Gasteiger partial charge is 0.339 e. The molecular weight excluding hydrogens is 330 g/mol. The van der Waals surface area contributed by atoms with Crippen molar-refractivity contribution >= 4 is 11.0 Å². The van der Waals surface area contributed by atoms with Gasteiger partial charge in [-0.15, -0.1) is 0 Å². The molecule has 2 aromatic heterocycles. The minimum Gasteiger partial charge on any atom is -0.485 e. The largest absolute Gasteiger partial charge is 0.485 e. The van der Waals surface area contributed by atoms with E-state index in [-0.39, 0.29) is 5.63 Å². The summed E-state index contributed by atoms with van der Waals surface area (Å²) in [4.78, 5) is 11.9. The zero-order valence-corrected chi connectivity index (χ0v) is 15.2. The highest BCUT2D eigenvalue weighted by molar-refractivity contribution is 5.87. The van der Waals surface area contributed by atoms with E-state index in [1.54, 1.807) is 13.0 Å². The van der Waals surface area contributed by atoms with Crippen molar-refractivity contribution in [3.05, 3.63) is 57.3 Å². The third kappa shape index (κ3) is 3.14. The van der Waals surface area contributed by atoms with Crippen molar-refractivity contribution in [2.75, 3.05) is 0 Å². The van der Waals surface area contributed by atoms with Gasteiger partial charge in [0.2, 0.25) is 0 Å². The molecule has 0 N–H and O–H groups in total. The van der Waals surface area contributed by atoms with Crippen molar-refractivity contribution < 1.29 is 13.7 Å². The van der Waals surface area contributed by atoms with Crippen LogP contribution in [0.5, 0.6) is 5.75 Å². The molecule has 1 aliphatic rings. The highest BCUT2D eigenvalue weighted by Gasteiger charge is 2.20. The van der Waals surface area contributed by atoms with Crippen LogP contribution in [-0.2, 0) is 6.61 Å². The van der Waals surface area contributed by atoms with Crippen molar-refractivity contribution in [2.24, 2.45) is 0 Å². The van der Waals surface area contributed by atoms with Gasteiger partial charge < -0.3 is 13.7 Å². The molecule has 5 nitrogen and oxygen atoms in total. The van der Waals surface area contributed by atoms with E-state index in [0.29, 0.717) is 35.2 Å². The van der Waals surface area contributed by atoms with Gasteiger partial charge in [-0.05, 0) is 44.4 Å². The van der Waals surface area contributed by atoms with E-state index in [1.807, 2.05) is 25.1 Å². The maximum atomic E-state index is 11.9. The minimum absolute atomic E-state index is 0.302. The van der Waals surface area contributed by atoms with Crippen molar-refractivity contribution in [1.29, 1.82) is 0 Å². The first-order chi connectivity index (χ1) is 12.6. The van der Waals surface area contributed by atoms with Gasteiger partial charge in [0, 0.05) is 17.5 Å². The van der Waals surface area contributed by atoms with Crippen molar-refractivity contribution in [2.45, 2.75) is 58.5 Å². The average Bonchev–Trinajstić information content (AvgIpc) is 3.14. The molecule has 1 aromatic carbocycles. The first-order valence-corrected chi connectivity index (χ1v) is 9.25. The predicted octanol–water partition coefficient (Wildman–Crippen LogP) is 5.02. The van der Waals surface area contributed by atoms with Crippen LogP contribution < -0.4 is 10.4 Å². The van der Waals surface area contributed by atoms with Gasteiger partial charge in [-0.25, -0.2) is 4.79 Å². The van der Waals surface area contributed by atoms with E-state index < -0.39 is 0 Å². The number of rotatable bonds is 4. The Morgan fingerprint density at radius 2 is 1.96 bits per heavy atom. The Labute approximate surface area is 151 Å². The van der Waals surface area contributed by atoms with Gasteiger partial charge in [-0.2, -0.15) is 0 Å². The molecule has 0 aliphatic heterocycles. The number of hydrogen-bond donors (Lipinski definition) is 0. The van der Waals surface area contributed by atoms with Crippen molar-refractivity contribution in [1.82, 2.24) is 5.16 Å². The topological polar surface area (TPSA) is 65.5 Å². The lowest BCUT2D eigenvalue weighted by Gasteiger charge is -2.18. The van der Waals surface area contributed by atoms with Crippen LogP contribution in [0.1, 0.15) is 60.6 Å². The predicted molar refractivity (Wildman–Crippen MR) is 98.6 cm³/mol. The molecule has 0 spiro atoms. The van der Waals surface area contributed by atoms with Crippen LogP contribution in [0.3, 0.4) is 0 Å². The molecule has 3 aromatic rings. The lowest BCUT2D eigenvalue weighted by atomic mass is 9.87. The summed E-state index contributed by atoms with van der Waals surface area (Å²) in [5.74, 6) is 1.91. The molecule has 0 bridgehead atoms. The van der Waals surface area contributed by atoms with Gasteiger partial charge in [-0.1, -0.05) is 30.5 Å². The molecule has 0 atom stereocenters. The minimum atomic E-state index is -0.306. The average molecular weight is 353 g/mol. The number of nitrogens with zero attached hydrogens (tertiary/aromatic N) is 1. The van der Waals surface area contributed by atoms with Crippen LogP contribution in [-0.4, -0.2) is 5.16 Å². The number of aromatic nitrogens is 1. The maximum Gasteiger partial charge on any atom is 0.339 e. The first kappa shape index (κ1) is 16.9. The van der Waals surface area contributed by atoms with Gasteiger partial charge in [0.05, 0.1) is 11.1 Å². The second-order valence-electron chi connectivity index (χ2n) is 7.11. The molecule has 1 aliphatic carbocycles. The standard InChI is InChI=1S/C21H23NO4/c1-13-14(2)21(23)25-19-10-6-9-18(20(13)19)24-12-16-11-17(22-26-16)15-7-4-3-5-8-15/h6,9-11,15H,3-5,7-8,12H2,1-2H3. The fourth-order valence-corrected chi connectivity index (χ4v) is 3.74. The SMILES string of the molecule is Cc1c(C)c2c(OCc3cc(C4CCCCC4)no3)cccc2oc1=O. The number of ether oxygens (including phenoxy) is 1. The third-order valence-corrected chi connectivity index (χ3v) is 5.40. The number of fused-ring (bicyclic) bond motifs is 1. The van der Waals surface area contributed by atoms with Crippen LogP contribution in [0.2, 0.25) is 0 Å². The van der Waals surface area contributed by atoms with E-state index in [2.05, 4.69) is 5.16 Å². The van der Waals surface area contributed by atoms with E-state index in [1.165, 1.54) is 32.1 Å². The second kappa shape index (κ2) is 6.98. The first-order valence-electron chi connectivity index (χ1n) is 9.25. The van der Waals surface area contributed by atoms with Crippen LogP contribution in [0.25, 0.3) is 11.0 Å². The monoisotopic (exact) mass is 353 g/mol. The molecule has 4 rings (SSSR count). The number of hydrogen-bond acceptors (Lipinski definition) is 5. The van der Waals surface area contributed by atoms with Crippen molar-refractivity contribution in [3.63, 3.8) is 0 Å². The fraction of sp³-hybridized carbons (Fsp3) is 0.429. The maximum absolute atomic E-state index is 11.9. The summed E-state index contributed by atoms with van der Waals surface area (Å²) in [6, 6.07) is 7.50. The van der Waals surface area contributed by atoms with Gasteiger partial charge in [0.1, 0.15) is 17.9 Å². The Balaban J connectivity index is 1.56. The van der Waals surface area contributed by atoms with E-state index in [0.717, 1.165) is 16.6 Å². The summed E-state index contributed by atoms with van der Waals surface area (Å²) in [7, 11) is 0. The molecule has 1 fully saturated rings. The zero-order valence-electron chi connectivity index (χ0n) is 15.2. The Morgan fingerprint density at radius 3 is 2.77 bits per heavy atom. The second-order valence-corrected chi connectivity index (χ2v) is 7.11. The van der Waals surface area contributed by atoms with E-state index in [9.17, 15) is 4.79 Å². The summed E-state index contributed by atoms with van der Waals surface area (Å²) in [5, 5.41) is 5.07. The summed E-state index contributed by atoms with van der Waals surface area (Å²) < 4.78 is 16.8. The van der Waals surface area contributed by atoms with Crippen LogP contribution in [0.4, 0.5) is 0 Å². The molecule has 2 heterocycles. The fourth-order valence-electron chi connectivity index (χ4n) is 3.74. The van der Waals surface area contributed by atoms with E-state index in [4.69, 9.17) is 13.7 Å². The van der Waals surface area contributed by atoms with E-state index >= 15 is 0 Å². The van der Waals surface area contributed by atoms with Crippen molar-refractivity contribution in [3.8, 4) is 5.75 Å². The highest BCUT2D eigenvalue weighted by atomic mass is 16.5. The number of aryl methyl sites for hydroxylation is 1. The summed E-state index contributed by atoms with van der Waals surface area (Å²) in [5.41, 5.74) is 2.76. The summed E-state index contributed by atoms with van der Waals surface area (Å²) in [6.07, 6.45) is 6.23. The normalized spacial score (nSPS) is 15.5. The molecule has 136 valence electrons. The van der Waals surface area contributed by atoms with Crippen LogP contribution in [0.15, 0.2) is 38.0 Å². The molecule has 0 radical (unpaired) electrons. The number of benzene rings is 1. The molecule has 0 saturated heterocycles. The molecule has 0 amide bonds. The Bertz CT molecular complexity index is 979. The van der Waals surface area contributed by atoms with Gasteiger partial charge in [-0.3, -0.25) is 0 Å². The Kier molecular flexibility index (Phi) is 4.53. The molecular formula is C21H23NO4. The van der Waals surface area contributed by atoms with Gasteiger partial charge >= 0.3 is 5.63 Å². The molecule has 1 saturated carbocycles. The lowest BCUT2D eigenvalue weighted by molar-refractivity contribution is 0.249. The molecule has 26 heavy (non-hydrogen) atoms. The summed E-state index contributed by atoms with van der Waals surface area (Å²) in [6.45, 7) is 3.98. The molecule has 5 heteroatoms. The van der Waals surface area contributed by atoms with Gasteiger partial charge in [0.25, 0.3) is 0 Å². The Morgan fingerprint density at radius 1 is 1.15 bits per heavy atom. The van der Waals surface area contributed by atoms with Crippen LogP contribution in [0, 0.1) is 13.8 Å². The quantitative estimate of drug-likeness (QED) is 0.616. The van der Waals surface area contributed by atoms with Crippen LogP contribution >= 0.6 is 0 Å². The highest BCUT2D eigenvalue weighted by Crippen LogP contribution is 2.33. The zero-order chi connectivity index (χ0) is 18.1. The Hall–Kier alpha value is -2.56.